The number of carbonyl (C=O) groups excluding carboxylic acids is 2. The molecule has 3 rings (SSSR count). The van der Waals surface area contributed by atoms with Gasteiger partial charge < -0.3 is 10.2 Å². The Balaban J connectivity index is 1.55. The lowest BCUT2D eigenvalue weighted by Crippen LogP contribution is -2.34. The lowest BCUT2D eigenvalue weighted by molar-refractivity contribution is -0.126. The van der Waals surface area contributed by atoms with Crippen molar-refractivity contribution >= 4 is 17.5 Å². The first-order chi connectivity index (χ1) is 12.8. The Bertz CT molecular complexity index is 791. The van der Waals surface area contributed by atoms with Crippen LogP contribution in [0.4, 0.5) is 5.69 Å². The molecule has 27 heavy (non-hydrogen) atoms. The van der Waals surface area contributed by atoms with Crippen LogP contribution in [0.15, 0.2) is 54.6 Å². The Labute approximate surface area is 161 Å². The van der Waals surface area contributed by atoms with E-state index in [9.17, 15) is 9.59 Å². The van der Waals surface area contributed by atoms with Crippen molar-refractivity contribution in [1.82, 2.24) is 5.32 Å². The summed E-state index contributed by atoms with van der Waals surface area (Å²) in [5.41, 5.74) is 3.37. The SMILES string of the molecule is CC(C)(C)c1ccc(N2CC(C(=O)NCCc3ccccc3)CC2=O)cc1. The molecule has 4 nitrogen and oxygen atoms in total. The van der Waals surface area contributed by atoms with E-state index in [1.165, 1.54) is 11.1 Å². The summed E-state index contributed by atoms with van der Waals surface area (Å²) in [6.07, 6.45) is 1.07. The highest BCUT2D eigenvalue weighted by Gasteiger charge is 2.35. The average molecular weight is 364 g/mol. The van der Waals surface area contributed by atoms with E-state index in [1.54, 1.807) is 4.90 Å². The Morgan fingerprint density at radius 3 is 2.37 bits per heavy atom. The van der Waals surface area contributed by atoms with Crippen LogP contribution in [-0.4, -0.2) is 24.9 Å². The first-order valence-electron chi connectivity index (χ1n) is 9.57. The molecule has 1 atom stereocenters. The second-order valence-electron chi connectivity index (χ2n) is 8.23. The fourth-order valence-corrected chi connectivity index (χ4v) is 3.39. The molecule has 0 saturated carbocycles. The highest BCUT2D eigenvalue weighted by molar-refractivity contribution is 6.00. The number of nitrogens with one attached hydrogen (secondary N) is 1. The second-order valence-corrected chi connectivity index (χ2v) is 8.23. The molecular formula is C23H28N2O2. The predicted octanol–water partition coefficient (Wildman–Crippen LogP) is 3.70. The van der Waals surface area contributed by atoms with Crippen LogP contribution in [0.3, 0.4) is 0 Å². The van der Waals surface area contributed by atoms with E-state index in [1.807, 2.05) is 42.5 Å². The minimum atomic E-state index is -0.282. The first kappa shape index (κ1) is 19.2. The molecule has 1 heterocycles. The van der Waals surface area contributed by atoms with Gasteiger partial charge in [0.05, 0.1) is 5.92 Å². The molecule has 142 valence electrons. The standard InChI is InChI=1S/C23H28N2O2/c1-23(2,3)19-9-11-20(12-10-19)25-16-18(15-21(25)26)22(27)24-14-13-17-7-5-4-6-8-17/h4-12,18H,13-16H2,1-3H3,(H,24,27). The molecule has 1 N–H and O–H groups in total. The molecule has 1 unspecified atom stereocenters. The van der Waals surface area contributed by atoms with Crippen molar-refractivity contribution in [2.75, 3.05) is 18.0 Å². The number of rotatable bonds is 5. The fourth-order valence-electron chi connectivity index (χ4n) is 3.39. The van der Waals surface area contributed by atoms with E-state index in [4.69, 9.17) is 0 Å². The van der Waals surface area contributed by atoms with Crippen LogP contribution in [0.1, 0.15) is 38.3 Å². The maximum absolute atomic E-state index is 12.5. The summed E-state index contributed by atoms with van der Waals surface area (Å²) in [6, 6.07) is 18.2. The van der Waals surface area contributed by atoms with Crippen LogP contribution in [0.2, 0.25) is 0 Å². The summed E-state index contributed by atoms with van der Waals surface area (Å²) in [6.45, 7) is 7.54. The third kappa shape index (κ3) is 4.76. The Morgan fingerprint density at radius 2 is 1.74 bits per heavy atom. The third-order valence-corrected chi connectivity index (χ3v) is 5.10. The minimum Gasteiger partial charge on any atom is -0.355 e. The zero-order valence-corrected chi connectivity index (χ0v) is 16.4. The van der Waals surface area contributed by atoms with Crippen molar-refractivity contribution in [3.05, 3.63) is 65.7 Å². The van der Waals surface area contributed by atoms with Gasteiger partial charge in [-0.3, -0.25) is 9.59 Å². The van der Waals surface area contributed by atoms with Crippen molar-refractivity contribution < 1.29 is 9.59 Å². The number of benzene rings is 2. The molecule has 0 spiro atoms. The van der Waals surface area contributed by atoms with Crippen molar-refractivity contribution in [2.24, 2.45) is 5.92 Å². The Morgan fingerprint density at radius 1 is 1.07 bits per heavy atom. The predicted molar refractivity (Wildman–Crippen MR) is 109 cm³/mol. The molecule has 4 heteroatoms. The van der Waals surface area contributed by atoms with Gasteiger partial charge in [0.2, 0.25) is 11.8 Å². The molecule has 0 aliphatic carbocycles. The molecule has 2 aromatic carbocycles. The van der Waals surface area contributed by atoms with Gasteiger partial charge in [-0.1, -0.05) is 63.2 Å². The number of hydrogen-bond donors (Lipinski definition) is 1. The van der Waals surface area contributed by atoms with Crippen LogP contribution in [0.25, 0.3) is 0 Å². The highest BCUT2D eigenvalue weighted by Crippen LogP contribution is 2.28. The lowest BCUT2D eigenvalue weighted by atomic mass is 9.87. The first-order valence-corrected chi connectivity index (χ1v) is 9.57. The summed E-state index contributed by atoms with van der Waals surface area (Å²) in [5, 5.41) is 2.98. The molecule has 1 aliphatic rings. The number of amides is 2. The van der Waals surface area contributed by atoms with Gasteiger partial charge in [0.15, 0.2) is 0 Å². The Hall–Kier alpha value is -2.62. The summed E-state index contributed by atoms with van der Waals surface area (Å²) in [5.74, 6) is -0.301. The van der Waals surface area contributed by atoms with Gasteiger partial charge in [0, 0.05) is 25.2 Å². The van der Waals surface area contributed by atoms with Crippen molar-refractivity contribution in [3.8, 4) is 0 Å². The van der Waals surface area contributed by atoms with E-state index in [2.05, 4.69) is 38.2 Å². The minimum absolute atomic E-state index is 0.0155. The molecule has 1 saturated heterocycles. The number of carbonyl (C=O) groups is 2. The van der Waals surface area contributed by atoms with E-state index in [0.717, 1.165) is 12.1 Å². The van der Waals surface area contributed by atoms with E-state index in [0.29, 0.717) is 13.1 Å². The average Bonchev–Trinajstić information content (AvgIpc) is 3.04. The van der Waals surface area contributed by atoms with Gasteiger partial charge in [0.25, 0.3) is 0 Å². The molecular weight excluding hydrogens is 336 g/mol. The molecule has 1 aliphatic heterocycles. The van der Waals surface area contributed by atoms with Gasteiger partial charge >= 0.3 is 0 Å². The van der Waals surface area contributed by atoms with Crippen molar-refractivity contribution in [3.63, 3.8) is 0 Å². The largest absolute Gasteiger partial charge is 0.355 e. The van der Waals surface area contributed by atoms with E-state index < -0.39 is 0 Å². The molecule has 2 amide bonds. The summed E-state index contributed by atoms with van der Waals surface area (Å²) >= 11 is 0. The Kier molecular flexibility index (Phi) is 5.64. The quantitative estimate of drug-likeness (QED) is 0.879. The summed E-state index contributed by atoms with van der Waals surface area (Å²) < 4.78 is 0. The van der Waals surface area contributed by atoms with Gasteiger partial charge in [-0.25, -0.2) is 0 Å². The van der Waals surface area contributed by atoms with Gasteiger partial charge in [-0.05, 0) is 35.1 Å². The maximum Gasteiger partial charge on any atom is 0.227 e. The zero-order chi connectivity index (χ0) is 19.4. The molecule has 2 aromatic rings. The van der Waals surface area contributed by atoms with E-state index in [-0.39, 0.29) is 29.6 Å². The third-order valence-electron chi connectivity index (χ3n) is 5.10. The monoisotopic (exact) mass is 364 g/mol. The van der Waals surface area contributed by atoms with Crippen LogP contribution < -0.4 is 10.2 Å². The zero-order valence-electron chi connectivity index (χ0n) is 16.4. The van der Waals surface area contributed by atoms with Crippen LogP contribution >= 0.6 is 0 Å². The number of hydrogen-bond acceptors (Lipinski definition) is 2. The normalized spacial score (nSPS) is 17.2. The molecule has 0 aromatic heterocycles. The smallest absolute Gasteiger partial charge is 0.227 e. The lowest BCUT2D eigenvalue weighted by Gasteiger charge is -2.21. The topological polar surface area (TPSA) is 49.4 Å². The number of nitrogens with zero attached hydrogens (tertiary/aromatic N) is 1. The molecule has 0 radical (unpaired) electrons. The second kappa shape index (κ2) is 7.95. The van der Waals surface area contributed by atoms with Crippen LogP contribution in [-0.2, 0) is 21.4 Å². The van der Waals surface area contributed by atoms with Gasteiger partial charge in [0.1, 0.15) is 0 Å². The van der Waals surface area contributed by atoms with Crippen molar-refractivity contribution in [1.29, 1.82) is 0 Å². The van der Waals surface area contributed by atoms with Crippen LogP contribution in [0, 0.1) is 5.92 Å². The fraction of sp³-hybridized carbons (Fsp3) is 0.391. The summed E-state index contributed by atoms with van der Waals surface area (Å²) in [7, 11) is 0. The molecule has 0 bridgehead atoms. The van der Waals surface area contributed by atoms with Crippen molar-refractivity contribution in [2.45, 2.75) is 39.0 Å². The van der Waals surface area contributed by atoms with Gasteiger partial charge in [-0.15, -0.1) is 0 Å². The highest BCUT2D eigenvalue weighted by atomic mass is 16.2. The molecule has 1 fully saturated rings. The van der Waals surface area contributed by atoms with Crippen LogP contribution in [0.5, 0.6) is 0 Å². The maximum atomic E-state index is 12.5. The van der Waals surface area contributed by atoms with E-state index >= 15 is 0 Å². The van der Waals surface area contributed by atoms with Gasteiger partial charge in [-0.2, -0.15) is 0 Å². The number of anilines is 1. The summed E-state index contributed by atoms with van der Waals surface area (Å²) in [4.78, 5) is 26.6.